The van der Waals surface area contributed by atoms with Gasteiger partial charge in [-0.25, -0.2) is 4.79 Å². The Hall–Kier alpha value is -3.35. The molecule has 0 aromatic heterocycles. The summed E-state index contributed by atoms with van der Waals surface area (Å²) in [4.78, 5) is 38.1. The van der Waals surface area contributed by atoms with Crippen LogP contribution in [0.1, 0.15) is 31.2 Å². The number of benzene rings is 2. The van der Waals surface area contributed by atoms with Crippen LogP contribution in [0.25, 0.3) is 0 Å². The Morgan fingerprint density at radius 1 is 1.03 bits per heavy atom. The molecule has 0 saturated carbocycles. The van der Waals surface area contributed by atoms with Gasteiger partial charge in [0.2, 0.25) is 5.91 Å². The van der Waals surface area contributed by atoms with Crippen molar-refractivity contribution in [3.63, 3.8) is 0 Å². The van der Waals surface area contributed by atoms with Crippen LogP contribution in [0.5, 0.6) is 0 Å². The minimum Gasteiger partial charge on any atom is -0.481 e. The Labute approximate surface area is 169 Å². The van der Waals surface area contributed by atoms with Crippen molar-refractivity contribution in [1.82, 2.24) is 4.90 Å². The molecule has 0 spiro atoms. The lowest BCUT2D eigenvalue weighted by Crippen LogP contribution is -2.45. The number of aliphatic carboxylic acids is 1. The van der Waals surface area contributed by atoms with Crippen molar-refractivity contribution < 1.29 is 19.5 Å². The Morgan fingerprint density at radius 2 is 1.76 bits per heavy atom. The summed E-state index contributed by atoms with van der Waals surface area (Å²) < 4.78 is 0. The van der Waals surface area contributed by atoms with E-state index in [1.54, 1.807) is 36.1 Å². The molecule has 0 bridgehead atoms. The monoisotopic (exact) mass is 395 g/mol. The van der Waals surface area contributed by atoms with Crippen molar-refractivity contribution in [3.8, 4) is 0 Å². The molecule has 0 radical (unpaired) electrons. The average Bonchev–Trinajstić information content (AvgIpc) is 2.74. The molecule has 2 aromatic rings. The maximum atomic E-state index is 12.7. The molecule has 3 N–H and O–H groups in total. The summed E-state index contributed by atoms with van der Waals surface area (Å²) in [6, 6.07) is 15.9. The van der Waals surface area contributed by atoms with E-state index in [0.29, 0.717) is 36.4 Å². The van der Waals surface area contributed by atoms with Gasteiger partial charge in [0, 0.05) is 24.5 Å². The second-order valence-corrected chi connectivity index (χ2v) is 7.26. The van der Waals surface area contributed by atoms with Crippen molar-refractivity contribution in [2.75, 3.05) is 23.7 Å². The van der Waals surface area contributed by atoms with Gasteiger partial charge in [0.15, 0.2) is 0 Å². The molecule has 2 atom stereocenters. The van der Waals surface area contributed by atoms with E-state index in [0.717, 1.165) is 6.42 Å². The van der Waals surface area contributed by atoms with Crippen molar-refractivity contribution in [1.29, 1.82) is 0 Å². The number of piperidine rings is 1. The van der Waals surface area contributed by atoms with Crippen LogP contribution in [0.2, 0.25) is 0 Å². The molecular weight excluding hydrogens is 370 g/mol. The van der Waals surface area contributed by atoms with E-state index < -0.39 is 11.9 Å². The first kappa shape index (κ1) is 20.4. The highest BCUT2D eigenvalue weighted by atomic mass is 16.4. The number of likely N-dealkylation sites (tertiary alicyclic amines) is 1. The van der Waals surface area contributed by atoms with Crippen LogP contribution < -0.4 is 10.6 Å². The molecule has 1 aliphatic heterocycles. The lowest BCUT2D eigenvalue weighted by molar-refractivity contribution is -0.138. The molecule has 152 valence electrons. The van der Waals surface area contributed by atoms with Crippen LogP contribution >= 0.6 is 0 Å². The fourth-order valence-corrected chi connectivity index (χ4v) is 3.37. The number of urea groups is 1. The number of carboxylic acid groups (broad SMARTS) is 1. The summed E-state index contributed by atoms with van der Waals surface area (Å²) in [6.07, 6.45) is 1.45. The van der Waals surface area contributed by atoms with Crippen molar-refractivity contribution >= 4 is 29.3 Å². The molecular formula is C22H25N3O4. The van der Waals surface area contributed by atoms with E-state index in [9.17, 15) is 14.4 Å². The third-order valence-corrected chi connectivity index (χ3v) is 5.13. The number of para-hydroxylation sites is 1. The van der Waals surface area contributed by atoms with Crippen LogP contribution in [0.15, 0.2) is 54.6 Å². The normalized spacial score (nSPS) is 17.3. The van der Waals surface area contributed by atoms with E-state index in [-0.39, 0.29) is 17.9 Å². The topological polar surface area (TPSA) is 98.7 Å². The molecule has 29 heavy (non-hydrogen) atoms. The number of anilines is 2. The van der Waals surface area contributed by atoms with Gasteiger partial charge in [-0.05, 0) is 49.6 Å². The van der Waals surface area contributed by atoms with Crippen molar-refractivity contribution in [2.45, 2.75) is 25.7 Å². The molecule has 7 heteroatoms. The molecule has 2 aromatic carbocycles. The lowest BCUT2D eigenvalue weighted by atomic mass is 9.97. The minimum absolute atomic E-state index is 0.165. The first-order chi connectivity index (χ1) is 13.9. The molecule has 7 nitrogen and oxygen atoms in total. The highest BCUT2D eigenvalue weighted by Gasteiger charge is 2.28. The summed E-state index contributed by atoms with van der Waals surface area (Å²) in [6.45, 7) is 2.55. The SMILES string of the molecule is CC(C(=O)O)c1cccc(NC(=O)C2CCCN(C(=O)Nc3ccccc3)C2)c1. The first-order valence-electron chi connectivity index (χ1n) is 9.68. The Morgan fingerprint density at radius 3 is 2.48 bits per heavy atom. The molecule has 3 rings (SSSR count). The fourth-order valence-electron chi connectivity index (χ4n) is 3.37. The number of amides is 3. The van der Waals surface area contributed by atoms with Gasteiger partial charge in [0.1, 0.15) is 0 Å². The van der Waals surface area contributed by atoms with E-state index in [4.69, 9.17) is 5.11 Å². The molecule has 1 saturated heterocycles. The number of rotatable bonds is 5. The van der Waals surface area contributed by atoms with Crippen LogP contribution in [0.4, 0.5) is 16.2 Å². The van der Waals surface area contributed by atoms with Gasteiger partial charge in [-0.2, -0.15) is 0 Å². The highest BCUT2D eigenvalue weighted by molar-refractivity contribution is 5.94. The molecule has 1 heterocycles. The van der Waals surface area contributed by atoms with Gasteiger partial charge in [0.05, 0.1) is 11.8 Å². The predicted octanol–water partition coefficient (Wildman–Crippen LogP) is 3.76. The van der Waals surface area contributed by atoms with E-state index >= 15 is 0 Å². The third-order valence-electron chi connectivity index (χ3n) is 5.13. The van der Waals surface area contributed by atoms with Gasteiger partial charge >= 0.3 is 12.0 Å². The van der Waals surface area contributed by atoms with Gasteiger partial charge in [-0.3, -0.25) is 9.59 Å². The maximum Gasteiger partial charge on any atom is 0.321 e. The van der Waals surface area contributed by atoms with Gasteiger partial charge in [-0.15, -0.1) is 0 Å². The quantitative estimate of drug-likeness (QED) is 0.718. The van der Waals surface area contributed by atoms with Crippen LogP contribution in [0.3, 0.4) is 0 Å². The molecule has 1 fully saturated rings. The molecule has 3 amide bonds. The third kappa shape index (κ3) is 5.34. The highest BCUT2D eigenvalue weighted by Crippen LogP contribution is 2.22. The summed E-state index contributed by atoms with van der Waals surface area (Å²) in [5.74, 6) is -2.05. The number of carbonyl (C=O) groups is 3. The van der Waals surface area contributed by atoms with E-state index in [1.165, 1.54) is 0 Å². The van der Waals surface area contributed by atoms with E-state index in [2.05, 4.69) is 10.6 Å². The lowest BCUT2D eigenvalue weighted by Gasteiger charge is -2.32. The first-order valence-corrected chi connectivity index (χ1v) is 9.68. The zero-order valence-corrected chi connectivity index (χ0v) is 16.3. The average molecular weight is 395 g/mol. The number of hydrogen-bond acceptors (Lipinski definition) is 3. The van der Waals surface area contributed by atoms with Gasteiger partial charge in [0.25, 0.3) is 0 Å². The van der Waals surface area contributed by atoms with Crippen LogP contribution in [-0.2, 0) is 9.59 Å². The summed E-state index contributed by atoms with van der Waals surface area (Å²) in [5.41, 5.74) is 1.91. The van der Waals surface area contributed by atoms with Crippen LogP contribution in [0, 0.1) is 5.92 Å². The van der Waals surface area contributed by atoms with E-state index in [1.807, 2.05) is 30.3 Å². The Bertz CT molecular complexity index is 885. The second-order valence-electron chi connectivity index (χ2n) is 7.26. The number of nitrogens with one attached hydrogen (secondary N) is 2. The Balaban J connectivity index is 1.60. The standard InChI is InChI=1S/C22H25N3O4/c1-15(21(27)28)16-7-5-11-19(13-16)23-20(26)17-8-6-12-25(14-17)22(29)24-18-9-3-2-4-10-18/h2-5,7,9-11,13,15,17H,6,8,12,14H2,1H3,(H,23,26)(H,24,29)(H,27,28). The van der Waals surface area contributed by atoms with Crippen molar-refractivity contribution in [2.24, 2.45) is 5.92 Å². The number of carbonyl (C=O) groups excluding carboxylic acids is 2. The number of carboxylic acids is 1. The second kappa shape index (κ2) is 9.23. The van der Waals surface area contributed by atoms with Crippen LogP contribution in [-0.4, -0.2) is 41.0 Å². The zero-order valence-electron chi connectivity index (χ0n) is 16.3. The van der Waals surface area contributed by atoms with Gasteiger partial charge < -0.3 is 20.6 Å². The molecule has 1 aliphatic rings. The number of hydrogen-bond donors (Lipinski definition) is 3. The van der Waals surface area contributed by atoms with Gasteiger partial charge in [-0.1, -0.05) is 30.3 Å². The summed E-state index contributed by atoms with van der Waals surface area (Å²) in [5, 5.41) is 14.9. The molecule has 0 aliphatic carbocycles. The number of nitrogens with zero attached hydrogens (tertiary/aromatic N) is 1. The maximum absolute atomic E-state index is 12.7. The predicted molar refractivity (Wildman–Crippen MR) is 111 cm³/mol. The molecule has 2 unspecified atom stereocenters. The van der Waals surface area contributed by atoms with Crippen molar-refractivity contribution in [3.05, 3.63) is 60.2 Å². The zero-order chi connectivity index (χ0) is 20.8. The Kier molecular flexibility index (Phi) is 6.49. The largest absolute Gasteiger partial charge is 0.481 e. The summed E-state index contributed by atoms with van der Waals surface area (Å²) >= 11 is 0. The fraction of sp³-hybridized carbons (Fsp3) is 0.318. The summed E-state index contributed by atoms with van der Waals surface area (Å²) in [7, 11) is 0. The minimum atomic E-state index is -0.916. The smallest absolute Gasteiger partial charge is 0.321 e.